The average Bonchev–Trinajstić information content (AvgIpc) is 3.16. The molecule has 0 atom stereocenters. The van der Waals surface area contributed by atoms with Gasteiger partial charge in [0.25, 0.3) is 0 Å². The molecule has 2 aliphatic rings. The molecule has 1 fully saturated rings. The molecule has 1 aliphatic carbocycles. The lowest BCUT2D eigenvalue weighted by molar-refractivity contribution is -0.117. The third-order valence-electron chi connectivity index (χ3n) is 3.70. The number of benzene rings is 1. The summed E-state index contributed by atoms with van der Waals surface area (Å²) in [5.74, 6) is 1.47. The number of ether oxygens (including phenoxy) is 1. The van der Waals surface area contributed by atoms with Gasteiger partial charge in [-0.2, -0.15) is 0 Å². The van der Waals surface area contributed by atoms with Gasteiger partial charge in [0.1, 0.15) is 5.75 Å². The topological polar surface area (TPSA) is 67.6 Å². The van der Waals surface area contributed by atoms with Gasteiger partial charge in [0.05, 0.1) is 19.3 Å². The maximum Gasteiger partial charge on any atom is 0.238 e. The van der Waals surface area contributed by atoms with Crippen LogP contribution in [0.2, 0.25) is 0 Å². The van der Waals surface area contributed by atoms with Crippen molar-refractivity contribution in [1.82, 2.24) is 4.90 Å². The first kappa shape index (κ1) is 12.3. The second-order valence-corrected chi connectivity index (χ2v) is 5.41. The molecule has 3 rings (SSSR count). The first-order valence-corrected chi connectivity index (χ1v) is 6.64. The lowest BCUT2D eigenvalue weighted by Crippen LogP contribution is -2.31. The molecule has 5 heteroatoms. The summed E-state index contributed by atoms with van der Waals surface area (Å²) in [5.41, 5.74) is 8.31. The molecule has 0 bridgehead atoms. The van der Waals surface area contributed by atoms with E-state index >= 15 is 0 Å². The van der Waals surface area contributed by atoms with Gasteiger partial charge in [-0.15, -0.1) is 0 Å². The summed E-state index contributed by atoms with van der Waals surface area (Å²) in [6.07, 6.45) is 2.58. The molecule has 1 saturated carbocycles. The van der Waals surface area contributed by atoms with Crippen LogP contribution in [0.25, 0.3) is 0 Å². The lowest BCUT2D eigenvalue weighted by atomic mass is 10.1. The maximum atomic E-state index is 11.9. The van der Waals surface area contributed by atoms with Crippen LogP contribution in [0.3, 0.4) is 0 Å². The normalized spacial score (nSPS) is 19.5. The van der Waals surface area contributed by atoms with E-state index in [9.17, 15) is 4.79 Å². The van der Waals surface area contributed by atoms with E-state index < -0.39 is 0 Å². The van der Waals surface area contributed by atoms with Crippen LogP contribution in [0.5, 0.6) is 5.75 Å². The fraction of sp³-hybridized carbons (Fsp3) is 0.500. The van der Waals surface area contributed by atoms with Crippen LogP contribution in [0, 0.1) is 5.92 Å². The molecule has 0 saturated heterocycles. The summed E-state index contributed by atoms with van der Waals surface area (Å²) >= 11 is 0. The van der Waals surface area contributed by atoms with Crippen molar-refractivity contribution in [3.63, 3.8) is 0 Å². The van der Waals surface area contributed by atoms with E-state index in [-0.39, 0.29) is 5.91 Å². The molecule has 0 spiro atoms. The Morgan fingerprint density at radius 1 is 1.42 bits per heavy atom. The predicted molar refractivity (Wildman–Crippen MR) is 74.0 cm³/mol. The van der Waals surface area contributed by atoms with Crippen molar-refractivity contribution in [1.29, 1.82) is 0 Å². The number of rotatable bonds is 3. The highest BCUT2D eigenvalue weighted by atomic mass is 16.5. The van der Waals surface area contributed by atoms with Crippen LogP contribution in [0.1, 0.15) is 18.4 Å². The molecule has 5 nitrogen and oxygen atoms in total. The van der Waals surface area contributed by atoms with Crippen LogP contribution < -0.4 is 15.8 Å². The van der Waals surface area contributed by atoms with E-state index in [1.807, 2.05) is 6.07 Å². The second kappa shape index (κ2) is 4.74. The lowest BCUT2D eigenvalue weighted by Gasteiger charge is -2.19. The highest BCUT2D eigenvalue weighted by Gasteiger charge is 2.27. The standard InChI is InChI=1S/C14H19N3O2/c1-19-13-4-10-7-17(6-9-2-3-9)8-14(18)16-12(10)5-11(13)15/h4-5,9H,2-3,6-8,15H2,1H3,(H,16,18). The molecule has 0 radical (unpaired) electrons. The number of nitrogens with one attached hydrogen (secondary N) is 1. The zero-order valence-electron chi connectivity index (χ0n) is 11.1. The SMILES string of the molecule is COc1cc2c(cc1N)NC(=O)CN(CC1CC1)C2. The number of nitrogens with zero attached hydrogens (tertiary/aromatic N) is 1. The van der Waals surface area contributed by atoms with E-state index in [1.165, 1.54) is 12.8 Å². The minimum Gasteiger partial charge on any atom is -0.495 e. The quantitative estimate of drug-likeness (QED) is 0.808. The van der Waals surface area contributed by atoms with Gasteiger partial charge >= 0.3 is 0 Å². The van der Waals surface area contributed by atoms with Crippen LogP contribution in [-0.2, 0) is 11.3 Å². The van der Waals surface area contributed by atoms with Crippen molar-refractivity contribution in [2.45, 2.75) is 19.4 Å². The Morgan fingerprint density at radius 2 is 2.21 bits per heavy atom. The molecule has 3 N–H and O–H groups in total. The molecule has 1 aliphatic heterocycles. The molecule has 1 aromatic rings. The van der Waals surface area contributed by atoms with Crippen molar-refractivity contribution < 1.29 is 9.53 Å². The summed E-state index contributed by atoms with van der Waals surface area (Å²) in [7, 11) is 1.61. The van der Waals surface area contributed by atoms with Crippen molar-refractivity contribution in [3.8, 4) is 5.75 Å². The Hall–Kier alpha value is -1.75. The smallest absolute Gasteiger partial charge is 0.238 e. The Bertz CT molecular complexity index is 512. The highest BCUT2D eigenvalue weighted by molar-refractivity contribution is 5.94. The molecular weight excluding hydrogens is 242 g/mol. The van der Waals surface area contributed by atoms with Gasteiger partial charge in [-0.05, 0) is 36.5 Å². The Balaban J connectivity index is 1.89. The van der Waals surface area contributed by atoms with E-state index in [0.29, 0.717) is 18.0 Å². The summed E-state index contributed by atoms with van der Waals surface area (Å²) in [5, 5.41) is 2.92. The van der Waals surface area contributed by atoms with Gasteiger partial charge < -0.3 is 15.8 Å². The average molecular weight is 261 g/mol. The molecule has 102 valence electrons. The number of nitrogens with two attached hydrogens (primary N) is 1. The van der Waals surface area contributed by atoms with Crippen molar-refractivity contribution in [3.05, 3.63) is 17.7 Å². The molecule has 0 unspecified atom stereocenters. The third kappa shape index (κ3) is 2.66. The number of amides is 1. The molecule has 0 aromatic heterocycles. The zero-order chi connectivity index (χ0) is 13.4. The van der Waals surface area contributed by atoms with Crippen molar-refractivity contribution in [2.24, 2.45) is 5.92 Å². The van der Waals surface area contributed by atoms with Crippen molar-refractivity contribution >= 4 is 17.3 Å². The fourth-order valence-corrected chi connectivity index (χ4v) is 2.55. The minimum atomic E-state index is 0.0315. The number of anilines is 2. The summed E-state index contributed by atoms with van der Waals surface area (Å²) in [6.45, 7) is 2.22. The van der Waals surface area contributed by atoms with E-state index in [1.54, 1.807) is 13.2 Å². The van der Waals surface area contributed by atoms with Crippen LogP contribution in [0.4, 0.5) is 11.4 Å². The number of methoxy groups -OCH3 is 1. The highest BCUT2D eigenvalue weighted by Crippen LogP contribution is 2.34. The van der Waals surface area contributed by atoms with Gasteiger partial charge in [-0.25, -0.2) is 0 Å². The molecule has 1 amide bonds. The Kier molecular flexibility index (Phi) is 3.06. The fourth-order valence-electron chi connectivity index (χ4n) is 2.55. The number of hydrogen-bond acceptors (Lipinski definition) is 4. The predicted octanol–water partition coefficient (Wildman–Crippen LogP) is 1.44. The monoisotopic (exact) mass is 261 g/mol. The van der Waals surface area contributed by atoms with E-state index in [4.69, 9.17) is 10.5 Å². The first-order valence-electron chi connectivity index (χ1n) is 6.64. The number of hydrogen-bond donors (Lipinski definition) is 2. The number of nitrogen functional groups attached to an aromatic ring is 1. The van der Waals surface area contributed by atoms with Crippen LogP contribution in [-0.4, -0.2) is 31.0 Å². The molecule has 1 heterocycles. The third-order valence-corrected chi connectivity index (χ3v) is 3.70. The van der Waals surface area contributed by atoms with Gasteiger partial charge in [0.2, 0.25) is 5.91 Å². The maximum absolute atomic E-state index is 11.9. The van der Waals surface area contributed by atoms with Crippen molar-refractivity contribution in [2.75, 3.05) is 31.2 Å². The van der Waals surface area contributed by atoms with Gasteiger partial charge in [0.15, 0.2) is 0 Å². The van der Waals surface area contributed by atoms with Gasteiger partial charge in [-0.3, -0.25) is 9.69 Å². The summed E-state index contributed by atoms with van der Waals surface area (Å²) < 4.78 is 5.25. The molecular formula is C14H19N3O2. The van der Waals surface area contributed by atoms with Gasteiger partial charge in [-0.1, -0.05) is 0 Å². The van der Waals surface area contributed by atoms with E-state index in [2.05, 4.69) is 10.2 Å². The first-order chi connectivity index (χ1) is 9.15. The summed E-state index contributed by atoms with van der Waals surface area (Å²) in [4.78, 5) is 14.1. The van der Waals surface area contributed by atoms with Crippen LogP contribution >= 0.6 is 0 Å². The van der Waals surface area contributed by atoms with Gasteiger partial charge in [0, 0.05) is 18.8 Å². The van der Waals surface area contributed by atoms with E-state index in [0.717, 1.165) is 30.3 Å². The summed E-state index contributed by atoms with van der Waals surface area (Å²) in [6, 6.07) is 3.71. The largest absolute Gasteiger partial charge is 0.495 e. The zero-order valence-corrected chi connectivity index (χ0v) is 11.1. The molecule has 19 heavy (non-hydrogen) atoms. The Morgan fingerprint density at radius 3 is 2.89 bits per heavy atom. The Labute approximate surface area is 112 Å². The number of carbonyl (C=O) groups is 1. The minimum absolute atomic E-state index is 0.0315. The molecule has 1 aromatic carbocycles. The number of fused-ring (bicyclic) bond motifs is 1. The number of carbonyl (C=O) groups excluding carboxylic acids is 1. The second-order valence-electron chi connectivity index (χ2n) is 5.41. The van der Waals surface area contributed by atoms with Crippen LogP contribution in [0.15, 0.2) is 12.1 Å².